The largest absolute Gasteiger partial charge is 0.427 e. The number of nitrogens with zero attached hydrogens (tertiary/aromatic N) is 3. The molecule has 0 radical (unpaired) electrons. The van der Waals surface area contributed by atoms with Gasteiger partial charge in [-0.3, -0.25) is 19.0 Å². The van der Waals surface area contributed by atoms with Crippen molar-refractivity contribution in [2.45, 2.75) is 88.1 Å². The van der Waals surface area contributed by atoms with E-state index in [4.69, 9.17) is 9.72 Å². The molecule has 5 rings (SSSR count). The second kappa shape index (κ2) is 15.3. The van der Waals surface area contributed by atoms with Gasteiger partial charge in [-0.1, -0.05) is 68.3 Å². The smallest absolute Gasteiger partial charge is 0.311 e. The number of amides is 1. The Balaban J connectivity index is 1.16. The van der Waals surface area contributed by atoms with Gasteiger partial charge in [-0.2, -0.15) is 0 Å². The number of ether oxygens (including phenoxy) is 1. The molecule has 2 aliphatic rings. The first-order valence-corrected chi connectivity index (χ1v) is 16.5. The predicted octanol–water partition coefficient (Wildman–Crippen LogP) is 5.47. The van der Waals surface area contributed by atoms with Gasteiger partial charge in [0.2, 0.25) is 5.91 Å². The lowest BCUT2D eigenvalue weighted by molar-refractivity contribution is -0.134. The first-order chi connectivity index (χ1) is 21.0. The van der Waals surface area contributed by atoms with E-state index in [1.165, 1.54) is 19.3 Å². The zero-order chi connectivity index (χ0) is 30.0. The summed E-state index contributed by atoms with van der Waals surface area (Å²) in [5, 5.41) is 4.62. The highest BCUT2D eigenvalue weighted by atomic mass is 32.2. The number of thioether (sulfide) groups is 1. The number of benzene rings is 2. The average molecular weight is 603 g/mol. The quantitative estimate of drug-likeness (QED) is 0.127. The summed E-state index contributed by atoms with van der Waals surface area (Å²) in [4.78, 5) is 45.5. The van der Waals surface area contributed by atoms with Crippen molar-refractivity contribution in [1.29, 1.82) is 0 Å². The molecule has 2 aromatic carbocycles. The summed E-state index contributed by atoms with van der Waals surface area (Å²) in [6.07, 6.45) is 9.02. The molecule has 8 nitrogen and oxygen atoms in total. The zero-order valence-corrected chi connectivity index (χ0v) is 25.9. The molecular weight excluding hydrogens is 560 g/mol. The third-order valence-electron chi connectivity index (χ3n) is 8.11. The van der Waals surface area contributed by atoms with E-state index in [-0.39, 0.29) is 17.4 Å². The predicted molar refractivity (Wildman–Crippen MR) is 170 cm³/mol. The lowest BCUT2D eigenvalue weighted by Gasteiger charge is -2.30. The molecule has 0 bridgehead atoms. The maximum Gasteiger partial charge on any atom is 0.311 e. The van der Waals surface area contributed by atoms with Gasteiger partial charge >= 0.3 is 5.97 Å². The second-order valence-corrected chi connectivity index (χ2v) is 12.6. The van der Waals surface area contributed by atoms with Gasteiger partial charge in [0.15, 0.2) is 5.16 Å². The maximum atomic E-state index is 13.9. The highest BCUT2D eigenvalue weighted by Crippen LogP contribution is 2.34. The molecule has 0 unspecified atom stereocenters. The minimum Gasteiger partial charge on any atom is -0.427 e. The highest BCUT2D eigenvalue weighted by molar-refractivity contribution is 7.99. The standard InChI is InChI=1S/C34H42N4O4S/c1-2-9-32(40)42-27-16-14-25(15-17-27)18-21-35-22-19-31(39)37-23-20-30-29(24-37)33(41)38(26-10-5-3-6-11-26)34(36-30)43-28-12-7-4-8-13-28/h3,5-6,10-11,14-17,28,35H,2,4,7-9,12-13,18-24H2,1H3. The van der Waals surface area contributed by atoms with Crippen LogP contribution < -0.4 is 15.6 Å². The number of nitrogens with one attached hydrogen (secondary N) is 1. The van der Waals surface area contributed by atoms with E-state index in [9.17, 15) is 14.4 Å². The Labute approximate surface area is 258 Å². The van der Waals surface area contributed by atoms with E-state index in [2.05, 4.69) is 5.32 Å². The van der Waals surface area contributed by atoms with Crippen LogP contribution in [0.2, 0.25) is 0 Å². The number of carbonyl (C=O) groups is 2. The first-order valence-electron chi connectivity index (χ1n) is 15.7. The van der Waals surface area contributed by atoms with Gasteiger partial charge < -0.3 is 15.0 Å². The van der Waals surface area contributed by atoms with E-state index in [0.29, 0.717) is 55.5 Å². The highest BCUT2D eigenvalue weighted by Gasteiger charge is 2.28. The van der Waals surface area contributed by atoms with Crippen molar-refractivity contribution in [2.75, 3.05) is 19.6 Å². The molecule has 1 aromatic heterocycles. The van der Waals surface area contributed by atoms with Crippen LogP contribution >= 0.6 is 11.8 Å². The number of fused-ring (bicyclic) bond motifs is 1. The molecule has 0 saturated heterocycles. The SMILES string of the molecule is CCCC(=O)Oc1ccc(CCNCCC(=O)N2CCc3nc(SC4CCCCC4)n(-c4ccccc4)c(=O)c3C2)cc1. The lowest BCUT2D eigenvalue weighted by atomic mass is 10.0. The van der Waals surface area contributed by atoms with Crippen LogP contribution in [0.25, 0.3) is 5.69 Å². The van der Waals surface area contributed by atoms with Gasteiger partial charge in [-0.25, -0.2) is 4.98 Å². The molecule has 9 heteroatoms. The maximum absolute atomic E-state index is 13.9. The number of hydrogen-bond donors (Lipinski definition) is 1. The van der Waals surface area contributed by atoms with Crippen LogP contribution in [-0.4, -0.2) is 51.2 Å². The van der Waals surface area contributed by atoms with Gasteiger partial charge in [-0.15, -0.1) is 0 Å². The van der Waals surface area contributed by atoms with Crippen LogP contribution in [-0.2, 0) is 29.0 Å². The minimum absolute atomic E-state index is 0.0442. The van der Waals surface area contributed by atoms with E-state index in [1.54, 1.807) is 21.2 Å². The van der Waals surface area contributed by atoms with Crippen molar-refractivity contribution in [3.63, 3.8) is 0 Å². The normalized spacial score (nSPS) is 15.2. The van der Waals surface area contributed by atoms with Gasteiger partial charge in [0.05, 0.1) is 23.5 Å². The van der Waals surface area contributed by atoms with Crippen LogP contribution in [0.5, 0.6) is 5.75 Å². The number of para-hydroxylation sites is 1. The molecule has 1 amide bonds. The average Bonchev–Trinajstić information content (AvgIpc) is 3.02. The number of rotatable bonds is 12. The summed E-state index contributed by atoms with van der Waals surface area (Å²) < 4.78 is 7.07. The summed E-state index contributed by atoms with van der Waals surface area (Å²) in [5.41, 5.74) is 3.36. The summed E-state index contributed by atoms with van der Waals surface area (Å²) in [5.74, 6) is 0.395. The van der Waals surface area contributed by atoms with E-state index in [0.717, 1.165) is 54.3 Å². The molecule has 228 valence electrons. The van der Waals surface area contributed by atoms with Gasteiger partial charge in [0.25, 0.3) is 5.56 Å². The molecular formula is C34H42N4O4S. The Morgan fingerprint density at radius 1 is 1.00 bits per heavy atom. The number of esters is 1. The Morgan fingerprint density at radius 3 is 2.51 bits per heavy atom. The Morgan fingerprint density at radius 2 is 1.77 bits per heavy atom. The molecule has 2 heterocycles. The number of aromatic nitrogens is 2. The Hall–Kier alpha value is -3.43. The molecule has 1 saturated carbocycles. The fourth-order valence-corrected chi connectivity index (χ4v) is 7.03. The van der Waals surface area contributed by atoms with Crippen LogP contribution in [0.1, 0.15) is 75.1 Å². The van der Waals surface area contributed by atoms with Crippen LogP contribution in [0.3, 0.4) is 0 Å². The second-order valence-electron chi connectivity index (χ2n) is 11.4. The summed E-state index contributed by atoms with van der Waals surface area (Å²) >= 11 is 1.74. The van der Waals surface area contributed by atoms with E-state index in [1.807, 2.05) is 61.5 Å². The summed E-state index contributed by atoms with van der Waals surface area (Å²) in [7, 11) is 0. The fourth-order valence-electron chi connectivity index (χ4n) is 5.71. The molecule has 1 N–H and O–H groups in total. The van der Waals surface area contributed by atoms with Gasteiger partial charge in [0.1, 0.15) is 5.75 Å². The van der Waals surface area contributed by atoms with Crippen molar-refractivity contribution in [3.8, 4) is 11.4 Å². The van der Waals surface area contributed by atoms with Crippen LogP contribution in [0.4, 0.5) is 0 Å². The Bertz CT molecular complexity index is 1440. The molecule has 43 heavy (non-hydrogen) atoms. The minimum atomic E-state index is -0.213. The van der Waals surface area contributed by atoms with E-state index >= 15 is 0 Å². The van der Waals surface area contributed by atoms with Crippen molar-refractivity contribution >= 4 is 23.6 Å². The van der Waals surface area contributed by atoms with Crippen molar-refractivity contribution < 1.29 is 14.3 Å². The molecule has 0 spiro atoms. The third kappa shape index (κ3) is 8.36. The molecule has 1 fully saturated rings. The van der Waals surface area contributed by atoms with Crippen molar-refractivity contribution in [1.82, 2.24) is 19.8 Å². The Kier molecular flexibility index (Phi) is 11.1. The third-order valence-corrected chi connectivity index (χ3v) is 9.40. The molecule has 1 aliphatic heterocycles. The summed E-state index contributed by atoms with van der Waals surface area (Å²) in [6.45, 7) is 4.13. The van der Waals surface area contributed by atoms with Crippen molar-refractivity contribution in [2.24, 2.45) is 0 Å². The molecule has 1 aliphatic carbocycles. The van der Waals surface area contributed by atoms with Crippen LogP contribution in [0, 0.1) is 0 Å². The summed E-state index contributed by atoms with van der Waals surface area (Å²) in [6, 6.07) is 17.3. The monoisotopic (exact) mass is 602 g/mol. The fraction of sp³-hybridized carbons (Fsp3) is 0.471. The first kappa shape index (κ1) is 31.0. The van der Waals surface area contributed by atoms with Gasteiger partial charge in [-0.05, 0) is 62.1 Å². The van der Waals surface area contributed by atoms with E-state index < -0.39 is 0 Å². The molecule has 3 aromatic rings. The zero-order valence-electron chi connectivity index (χ0n) is 25.1. The number of carbonyl (C=O) groups excluding carboxylic acids is 2. The number of hydrogen-bond acceptors (Lipinski definition) is 7. The van der Waals surface area contributed by atoms with Gasteiger partial charge in [0, 0.05) is 37.6 Å². The molecule has 0 atom stereocenters. The topological polar surface area (TPSA) is 93.5 Å². The van der Waals surface area contributed by atoms with Crippen LogP contribution in [0.15, 0.2) is 64.5 Å². The lowest BCUT2D eigenvalue weighted by Crippen LogP contribution is -2.42. The van der Waals surface area contributed by atoms with Crippen molar-refractivity contribution in [3.05, 3.63) is 81.8 Å².